The summed E-state index contributed by atoms with van der Waals surface area (Å²) in [6.07, 6.45) is 0. The van der Waals surface area contributed by atoms with Crippen LogP contribution in [-0.2, 0) is 9.59 Å². The maximum atomic E-state index is 13.2. The highest BCUT2D eigenvalue weighted by atomic mass is 19.1. The molecule has 7 heteroatoms. The van der Waals surface area contributed by atoms with E-state index in [1.54, 1.807) is 5.43 Å². The molecule has 0 radical (unpaired) electrons. The van der Waals surface area contributed by atoms with Gasteiger partial charge in [0.1, 0.15) is 11.6 Å². The number of nitrogens with two attached hydrogens (primary N) is 1. The molecule has 0 heterocycles. The Morgan fingerprint density at radius 1 is 1.38 bits per heavy atom. The van der Waals surface area contributed by atoms with Gasteiger partial charge in [-0.2, -0.15) is 0 Å². The van der Waals surface area contributed by atoms with E-state index in [1.165, 1.54) is 19.2 Å². The molecule has 0 aromatic heterocycles. The summed E-state index contributed by atoms with van der Waals surface area (Å²) in [7, 11) is 1.39. The molecule has 0 unspecified atom stereocenters. The van der Waals surface area contributed by atoms with Gasteiger partial charge in [0.2, 0.25) is 0 Å². The van der Waals surface area contributed by atoms with Gasteiger partial charge in [0.15, 0.2) is 0 Å². The lowest BCUT2D eigenvalue weighted by molar-refractivity contribution is -0.136. The number of anilines is 1. The van der Waals surface area contributed by atoms with Gasteiger partial charge in [0.25, 0.3) is 0 Å². The number of halogens is 1. The number of methoxy groups -OCH3 is 1. The minimum atomic E-state index is -1.07. The van der Waals surface area contributed by atoms with Crippen molar-refractivity contribution in [1.29, 1.82) is 0 Å². The Bertz CT molecular complexity index is 422. The first-order valence-corrected chi connectivity index (χ1v) is 4.24. The molecule has 2 amide bonds. The Morgan fingerprint density at radius 2 is 2.06 bits per heavy atom. The van der Waals surface area contributed by atoms with E-state index < -0.39 is 17.6 Å². The van der Waals surface area contributed by atoms with Crippen molar-refractivity contribution >= 4 is 17.5 Å². The van der Waals surface area contributed by atoms with E-state index in [4.69, 9.17) is 10.6 Å². The predicted octanol–water partition coefficient (Wildman–Crippen LogP) is -0.237. The van der Waals surface area contributed by atoms with Gasteiger partial charge < -0.3 is 10.1 Å². The Labute approximate surface area is 90.5 Å². The van der Waals surface area contributed by atoms with Crippen molar-refractivity contribution in [3.05, 3.63) is 24.0 Å². The number of nitrogens with one attached hydrogen (secondary N) is 2. The van der Waals surface area contributed by atoms with Crippen LogP contribution in [0.4, 0.5) is 10.1 Å². The molecule has 1 rings (SSSR count). The summed E-state index contributed by atoms with van der Waals surface area (Å²) >= 11 is 0. The van der Waals surface area contributed by atoms with E-state index >= 15 is 0 Å². The minimum Gasteiger partial charge on any atom is -0.497 e. The Balaban J connectivity index is 2.88. The normalized spacial score (nSPS) is 9.44. The van der Waals surface area contributed by atoms with E-state index in [0.717, 1.165) is 6.07 Å². The first-order valence-electron chi connectivity index (χ1n) is 4.24. The van der Waals surface area contributed by atoms with Gasteiger partial charge in [-0.1, -0.05) is 0 Å². The molecular formula is C9H10FN3O3. The topological polar surface area (TPSA) is 93.4 Å². The summed E-state index contributed by atoms with van der Waals surface area (Å²) in [6, 6.07) is 3.74. The first kappa shape index (κ1) is 11.9. The van der Waals surface area contributed by atoms with Crippen molar-refractivity contribution in [1.82, 2.24) is 5.43 Å². The summed E-state index contributed by atoms with van der Waals surface area (Å²) in [5, 5.41) is 2.05. The molecule has 86 valence electrons. The summed E-state index contributed by atoms with van der Waals surface area (Å²) in [5.41, 5.74) is 1.47. The van der Waals surface area contributed by atoms with E-state index in [0.29, 0.717) is 5.75 Å². The molecule has 0 fully saturated rings. The van der Waals surface area contributed by atoms with E-state index in [-0.39, 0.29) is 5.69 Å². The van der Waals surface area contributed by atoms with Crippen LogP contribution in [0.5, 0.6) is 5.75 Å². The predicted molar refractivity (Wildman–Crippen MR) is 53.9 cm³/mol. The Hall–Kier alpha value is -2.15. The maximum Gasteiger partial charge on any atom is 0.323 e. The zero-order valence-corrected chi connectivity index (χ0v) is 8.41. The molecular weight excluding hydrogens is 217 g/mol. The van der Waals surface area contributed by atoms with Gasteiger partial charge in [-0.15, -0.1) is 0 Å². The number of ether oxygens (including phenoxy) is 1. The average Bonchev–Trinajstić information content (AvgIpc) is 2.30. The Kier molecular flexibility index (Phi) is 3.78. The number of hydrogen-bond donors (Lipinski definition) is 3. The number of rotatable bonds is 2. The molecule has 0 aliphatic heterocycles. The van der Waals surface area contributed by atoms with Crippen LogP contribution in [0, 0.1) is 5.82 Å². The molecule has 0 atom stereocenters. The first-order chi connectivity index (χ1) is 7.58. The zero-order chi connectivity index (χ0) is 12.1. The fourth-order valence-corrected chi connectivity index (χ4v) is 0.972. The molecule has 0 saturated carbocycles. The second-order valence-corrected chi connectivity index (χ2v) is 2.77. The maximum absolute atomic E-state index is 13.2. The number of hydrazine groups is 1. The van der Waals surface area contributed by atoms with Crippen molar-refractivity contribution in [2.24, 2.45) is 5.84 Å². The van der Waals surface area contributed by atoms with Crippen LogP contribution in [0.1, 0.15) is 0 Å². The van der Waals surface area contributed by atoms with E-state index in [1.807, 2.05) is 5.32 Å². The van der Waals surface area contributed by atoms with Crippen molar-refractivity contribution in [2.75, 3.05) is 12.4 Å². The number of amides is 2. The molecule has 0 bridgehead atoms. The highest BCUT2D eigenvalue weighted by Crippen LogP contribution is 2.20. The largest absolute Gasteiger partial charge is 0.497 e. The minimum absolute atomic E-state index is 0.159. The lowest BCUT2D eigenvalue weighted by Crippen LogP contribution is -2.39. The van der Waals surface area contributed by atoms with Crippen LogP contribution in [0.3, 0.4) is 0 Å². The van der Waals surface area contributed by atoms with Gasteiger partial charge in [-0.05, 0) is 12.1 Å². The summed E-state index contributed by atoms with van der Waals surface area (Å²) < 4.78 is 18.0. The van der Waals surface area contributed by atoms with Crippen molar-refractivity contribution in [3.63, 3.8) is 0 Å². The Morgan fingerprint density at radius 3 is 2.62 bits per heavy atom. The smallest absolute Gasteiger partial charge is 0.323 e. The van der Waals surface area contributed by atoms with Gasteiger partial charge in [-0.3, -0.25) is 15.0 Å². The lowest BCUT2D eigenvalue weighted by Gasteiger charge is -2.07. The van der Waals surface area contributed by atoms with Gasteiger partial charge in [-0.25, -0.2) is 10.2 Å². The SMILES string of the molecule is COc1ccc(F)c(NC(=O)C(=O)NN)c1. The summed E-state index contributed by atoms with van der Waals surface area (Å²) in [4.78, 5) is 21.9. The number of hydrogen-bond acceptors (Lipinski definition) is 4. The van der Waals surface area contributed by atoms with Crippen LogP contribution in [0.2, 0.25) is 0 Å². The third-order valence-corrected chi connectivity index (χ3v) is 1.76. The van der Waals surface area contributed by atoms with Crippen LogP contribution >= 0.6 is 0 Å². The van der Waals surface area contributed by atoms with Crippen molar-refractivity contribution in [2.45, 2.75) is 0 Å². The number of carbonyl (C=O) groups is 2. The van der Waals surface area contributed by atoms with Gasteiger partial charge >= 0.3 is 11.8 Å². The fourth-order valence-electron chi connectivity index (χ4n) is 0.972. The summed E-state index contributed by atoms with van der Waals surface area (Å²) in [5.74, 6) is 2.28. The van der Waals surface area contributed by atoms with Crippen LogP contribution < -0.4 is 21.3 Å². The van der Waals surface area contributed by atoms with E-state index in [2.05, 4.69) is 0 Å². The second kappa shape index (κ2) is 5.08. The van der Waals surface area contributed by atoms with E-state index in [9.17, 15) is 14.0 Å². The molecule has 4 N–H and O–H groups in total. The molecule has 16 heavy (non-hydrogen) atoms. The highest BCUT2D eigenvalue weighted by Gasteiger charge is 2.14. The molecule has 6 nitrogen and oxygen atoms in total. The monoisotopic (exact) mass is 227 g/mol. The van der Waals surface area contributed by atoms with Crippen molar-refractivity contribution in [3.8, 4) is 5.75 Å². The third kappa shape index (κ3) is 2.67. The van der Waals surface area contributed by atoms with Crippen LogP contribution in [0.25, 0.3) is 0 Å². The van der Waals surface area contributed by atoms with Crippen molar-refractivity contribution < 1.29 is 18.7 Å². The quantitative estimate of drug-likeness (QED) is 0.281. The zero-order valence-electron chi connectivity index (χ0n) is 8.41. The average molecular weight is 227 g/mol. The number of benzene rings is 1. The molecule has 0 aliphatic carbocycles. The van der Waals surface area contributed by atoms with Gasteiger partial charge in [0.05, 0.1) is 12.8 Å². The molecule has 1 aromatic carbocycles. The lowest BCUT2D eigenvalue weighted by atomic mass is 10.3. The molecule has 0 aliphatic rings. The van der Waals surface area contributed by atoms with Gasteiger partial charge in [0, 0.05) is 6.07 Å². The number of carbonyl (C=O) groups excluding carboxylic acids is 2. The second-order valence-electron chi connectivity index (χ2n) is 2.77. The highest BCUT2D eigenvalue weighted by molar-refractivity contribution is 6.39. The third-order valence-electron chi connectivity index (χ3n) is 1.76. The molecule has 1 aromatic rings. The standard InChI is InChI=1S/C9H10FN3O3/c1-16-5-2-3-6(10)7(4-5)12-8(14)9(15)13-11/h2-4H,11H2,1H3,(H,12,14)(H,13,15). The molecule has 0 spiro atoms. The van der Waals surface area contributed by atoms with Crippen LogP contribution in [0.15, 0.2) is 18.2 Å². The molecule has 0 saturated heterocycles. The summed E-state index contributed by atoms with van der Waals surface area (Å²) in [6.45, 7) is 0. The fraction of sp³-hybridized carbons (Fsp3) is 0.111. The van der Waals surface area contributed by atoms with Crippen LogP contribution in [-0.4, -0.2) is 18.9 Å².